The van der Waals surface area contributed by atoms with E-state index in [1.54, 1.807) is 0 Å². The van der Waals surface area contributed by atoms with E-state index in [-0.39, 0.29) is 37.5 Å². The second-order valence-corrected chi connectivity index (χ2v) is 21.6. The standard InChI is InChI=1S/C71H122O6/c1-4-7-10-13-16-19-22-24-26-28-30-32-34-35-36-38-39-41-43-45-47-49-52-55-58-61-64-70(73)76-67-68(66-75-69(72)63-60-57-54-51-21-18-15-12-9-6-3)77-71(74)65-62-59-56-53-50-48-46-44-42-40-37-33-31-29-27-25-23-20-17-14-11-8-5-2/h8,11-12,15,17,20,25,27,31,33,40,42,46,48,53,56,68H,4-7,9-10,13-14,16,18-19,21-24,26,28-30,32,34-39,41,43-45,47,49-52,54-55,57-67H2,1-3H3/b11-8-,15-12-,20-17-,27-25-,33-31-,42-40-,48-46-,56-53-. The maximum absolute atomic E-state index is 12.9. The van der Waals surface area contributed by atoms with E-state index < -0.39 is 6.10 Å². The number of hydrogen-bond acceptors (Lipinski definition) is 6. The normalized spacial score (nSPS) is 12.7. The number of unbranched alkanes of at least 4 members (excludes halogenated alkanes) is 32. The molecule has 442 valence electrons. The summed E-state index contributed by atoms with van der Waals surface area (Å²) in [5.41, 5.74) is 0. The molecule has 0 amide bonds. The summed E-state index contributed by atoms with van der Waals surface area (Å²) in [6.07, 6.45) is 87.3. The number of rotatable bonds is 59. The Hall–Kier alpha value is -3.67. The van der Waals surface area contributed by atoms with Crippen LogP contribution in [0.1, 0.15) is 316 Å². The first kappa shape index (κ1) is 73.3. The van der Waals surface area contributed by atoms with Gasteiger partial charge in [-0.3, -0.25) is 14.4 Å². The Morgan fingerprint density at radius 2 is 0.545 bits per heavy atom. The van der Waals surface area contributed by atoms with Crippen LogP contribution in [0.4, 0.5) is 0 Å². The van der Waals surface area contributed by atoms with Crippen LogP contribution in [0.15, 0.2) is 97.2 Å². The Morgan fingerprint density at radius 1 is 0.273 bits per heavy atom. The van der Waals surface area contributed by atoms with Gasteiger partial charge < -0.3 is 14.2 Å². The van der Waals surface area contributed by atoms with Crippen LogP contribution in [0.2, 0.25) is 0 Å². The van der Waals surface area contributed by atoms with Crippen LogP contribution in [0, 0.1) is 0 Å². The Kier molecular flexibility index (Phi) is 61.8. The maximum atomic E-state index is 12.9. The molecule has 0 aromatic rings. The minimum Gasteiger partial charge on any atom is -0.462 e. The third-order valence-corrected chi connectivity index (χ3v) is 14.1. The third kappa shape index (κ3) is 63.0. The molecule has 0 spiro atoms. The number of ether oxygens (including phenoxy) is 3. The highest BCUT2D eigenvalue weighted by Gasteiger charge is 2.19. The zero-order valence-corrected chi connectivity index (χ0v) is 50.7. The first-order valence-electron chi connectivity index (χ1n) is 32.7. The van der Waals surface area contributed by atoms with Gasteiger partial charge in [-0.25, -0.2) is 0 Å². The van der Waals surface area contributed by atoms with Gasteiger partial charge in [0.25, 0.3) is 0 Å². The fourth-order valence-corrected chi connectivity index (χ4v) is 9.20. The molecule has 0 rings (SSSR count). The molecular formula is C71H122O6. The Labute approximate surface area is 477 Å². The highest BCUT2D eigenvalue weighted by molar-refractivity contribution is 5.71. The highest BCUT2D eigenvalue weighted by atomic mass is 16.6. The summed E-state index contributed by atoms with van der Waals surface area (Å²) in [6, 6.07) is 0. The topological polar surface area (TPSA) is 78.9 Å². The van der Waals surface area contributed by atoms with Crippen molar-refractivity contribution in [1.82, 2.24) is 0 Å². The number of allylic oxidation sites excluding steroid dienone is 16. The number of hydrogen-bond donors (Lipinski definition) is 0. The molecule has 1 atom stereocenters. The highest BCUT2D eigenvalue weighted by Crippen LogP contribution is 2.17. The van der Waals surface area contributed by atoms with Crippen molar-refractivity contribution in [3.05, 3.63) is 97.2 Å². The molecule has 0 fully saturated rings. The second-order valence-electron chi connectivity index (χ2n) is 21.6. The van der Waals surface area contributed by atoms with Crippen LogP contribution < -0.4 is 0 Å². The molecular weight excluding hydrogens is 949 g/mol. The fraction of sp³-hybridized carbons (Fsp3) is 0.732. The lowest BCUT2D eigenvalue weighted by molar-refractivity contribution is -0.167. The Morgan fingerprint density at radius 3 is 0.896 bits per heavy atom. The lowest BCUT2D eigenvalue weighted by Gasteiger charge is -2.18. The van der Waals surface area contributed by atoms with Crippen molar-refractivity contribution in [3.63, 3.8) is 0 Å². The van der Waals surface area contributed by atoms with Gasteiger partial charge in [0.05, 0.1) is 0 Å². The minimum absolute atomic E-state index is 0.101. The summed E-state index contributed by atoms with van der Waals surface area (Å²) < 4.78 is 16.8. The van der Waals surface area contributed by atoms with Crippen LogP contribution in [0.3, 0.4) is 0 Å². The molecule has 0 aliphatic carbocycles. The monoisotopic (exact) mass is 1070 g/mol. The van der Waals surface area contributed by atoms with Crippen molar-refractivity contribution in [2.24, 2.45) is 0 Å². The summed E-state index contributed by atoms with van der Waals surface area (Å²) >= 11 is 0. The fourth-order valence-electron chi connectivity index (χ4n) is 9.20. The van der Waals surface area contributed by atoms with Gasteiger partial charge in [0.15, 0.2) is 6.10 Å². The smallest absolute Gasteiger partial charge is 0.306 e. The van der Waals surface area contributed by atoms with E-state index in [1.807, 2.05) is 0 Å². The molecule has 77 heavy (non-hydrogen) atoms. The van der Waals surface area contributed by atoms with Crippen LogP contribution in [0.5, 0.6) is 0 Å². The van der Waals surface area contributed by atoms with E-state index in [1.165, 1.54) is 161 Å². The van der Waals surface area contributed by atoms with E-state index in [9.17, 15) is 14.4 Å². The lowest BCUT2D eigenvalue weighted by atomic mass is 10.0. The molecule has 0 aromatic heterocycles. The summed E-state index contributed by atoms with van der Waals surface area (Å²) in [6.45, 7) is 6.44. The summed E-state index contributed by atoms with van der Waals surface area (Å²) in [5.74, 6) is -0.963. The largest absolute Gasteiger partial charge is 0.462 e. The van der Waals surface area contributed by atoms with Gasteiger partial charge in [-0.05, 0) is 89.9 Å². The molecule has 0 heterocycles. The summed E-state index contributed by atoms with van der Waals surface area (Å²) in [7, 11) is 0. The van der Waals surface area contributed by atoms with E-state index in [4.69, 9.17) is 14.2 Å². The van der Waals surface area contributed by atoms with Gasteiger partial charge in [0.2, 0.25) is 0 Å². The zero-order valence-electron chi connectivity index (χ0n) is 50.7. The quantitative estimate of drug-likeness (QED) is 0.0261. The van der Waals surface area contributed by atoms with Gasteiger partial charge in [0.1, 0.15) is 13.2 Å². The average molecular weight is 1070 g/mol. The van der Waals surface area contributed by atoms with Crippen molar-refractivity contribution in [2.45, 2.75) is 322 Å². The molecule has 6 heteroatoms. The van der Waals surface area contributed by atoms with Crippen LogP contribution >= 0.6 is 0 Å². The molecule has 1 unspecified atom stereocenters. The SMILES string of the molecule is CC/C=C\C/C=C\C/C=C\C/C=C\C/C=C\C/C=C\C/C=C\CCCC(=O)OC(COC(=O)CCCCCCC/C=C\CCC)COC(=O)CCCCCCCCCCCCCCCCCCCCCCCCCCCC. The molecule has 0 aromatic carbocycles. The summed E-state index contributed by atoms with van der Waals surface area (Å²) in [4.78, 5) is 38.2. The molecule has 0 N–H and O–H groups in total. The molecule has 0 bridgehead atoms. The second kappa shape index (κ2) is 64.9. The number of carbonyl (C=O) groups excluding carboxylic acids is 3. The Bertz CT molecular complexity index is 1510. The van der Waals surface area contributed by atoms with Gasteiger partial charge in [0, 0.05) is 19.3 Å². The number of carbonyl (C=O) groups is 3. The molecule has 0 radical (unpaired) electrons. The predicted octanol–water partition coefficient (Wildman–Crippen LogP) is 22.4. The number of esters is 3. The van der Waals surface area contributed by atoms with E-state index >= 15 is 0 Å². The molecule has 0 aliphatic rings. The first-order chi connectivity index (χ1) is 38.0. The van der Waals surface area contributed by atoms with Crippen LogP contribution in [-0.2, 0) is 28.6 Å². The molecule has 6 nitrogen and oxygen atoms in total. The van der Waals surface area contributed by atoms with E-state index in [0.717, 1.165) is 109 Å². The minimum atomic E-state index is -0.811. The van der Waals surface area contributed by atoms with Crippen molar-refractivity contribution in [3.8, 4) is 0 Å². The molecule has 0 saturated carbocycles. The average Bonchev–Trinajstić information content (AvgIpc) is 3.43. The predicted molar refractivity (Wildman–Crippen MR) is 334 cm³/mol. The van der Waals surface area contributed by atoms with Gasteiger partial charge in [-0.1, -0.05) is 304 Å². The van der Waals surface area contributed by atoms with Crippen molar-refractivity contribution < 1.29 is 28.6 Å². The zero-order chi connectivity index (χ0) is 55.7. The van der Waals surface area contributed by atoms with Crippen molar-refractivity contribution in [1.29, 1.82) is 0 Å². The first-order valence-corrected chi connectivity index (χ1v) is 32.7. The van der Waals surface area contributed by atoms with Gasteiger partial charge >= 0.3 is 17.9 Å². The maximum Gasteiger partial charge on any atom is 0.306 e. The van der Waals surface area contributed by atoms with Gasteiger partial charge in [-0.2, -0.15) is 0 Å². The Balaban J connectivity index is 4.29. The lowest BCUT2D eigenvalue weighted by Crippen LogP contribution is -2.30. The van der Waals surface area contributed by atoms with Gasteiger partial charge in [-0.15, -0.1) is 0 Å². The van der Waals surface area contributed by atoms with E-state index in [2.05, 4.69) is 118 Å². The van der Waals surface area contributed by atoms with Crippen LogP contribution in [0.25, 0.3) is 0 Å². The third-order valence-electron chi connectivity index (χ3n) is 14.1. The van der Waals surface area contributed by atoms with E-state index in [0.29, 0.717) is 19.3 Å². The molecule has 0 aliphatic heterocycles. The summed E-state index contributed by atoms with van der Waals surface area (Å²) in [5, 5.41) is 0. The van der Waals surface area contributed by atoms with Crippen LogP contribution in [-0.4, -0.2) is 37.2 Å². The molecule has 0 saturated heterocycles. The van der Waals surface area contributed by atoms with Crippen molar-refractivity contribution in [2.75, 3.05) is 13.2 Å². The van der Waals surface area contributed by atoms with Crippen molar-refractivity contribution >= 4 is 17.9 Å².